The predicted octanol–water partition coefficient (Wildman–Crippen LogP) is 4.84. The minimum Gasteiger partial charge on any atom is -0.339 e. The van der Waals surface area contributed by atoms with Crippen LogP contribution < -0.4 is 5.32 Å². The summed E-state index contributed by atoms with van der Waals surface area (Å²) in [5, 5.41) is 7.64. The standard InChI is InChI=1S/C20H18ClN3O2/c21-16-9-7-13(8-10-16)11-18(25)22-17-6-2-5-15(12-17)19-23-20(26-24-19)14-3-1-4-14/h2,5-10,12,14H,1,3-4,11H2,(H,22,25). The third kappa shape index (κ3) is 3.78. The summed E-state index contributed by atoms with van der Waals surface area (Å²) in [4.78, 5) is 16.8. The Balaban J connectivity index is 1.44. The molecule has 1 amide bonds. The third-order valence-electron chi connectivity index (χ3n) is 4.58. The van der Waals surface area contributed by atoms with Gasteiger partial charge in [0.05, 0.1) is 6.42 Å². The fourth-order valence-corrected chi connectivity index (χ4v) is 3.03. The zero-order chi connectivity index (χ0) is 17.9. The Morgan fingerprint density at radius 1 is 1.19 bits per heavy atom. The van der Waals surface area contributed by atoms with Gasteiger partial charge in [-0.3, -0.25) is 4.79 Å². The van der Waals surface area contributed by atoms with E-state index in [0.717, 1.165) is 24.0 Å². The molecule has 132 valence electrons. The molecule has 1 N–H and O–H groups in total. The van der Waals surface area contributed by atoms with Gasteiger partial charge >= 0.3 is 0 Å². The van der Waals surface area contributed by atoms with Crippen LogP contribution in [0.1, 0.15) is 36.6 Å². The Hall–Kier alpha value is -2.66. The van der Waals surface area contributed by atoms with Crippen LogP contribution in [0.4, 0.5) is 5.69 Å². The summed E-state index contributed by atoms with van der Waals surface area (Å²) in [5.74, 6) is 1.58. The Morgan fingerprint density at radius 2 is 2.00 bits per heavy atom. The van der Waals surface area contributed by atoms with E-state index in [1.54, 1.807) is 12.1 Å². The average molecular weight is 368 g/mol. The Kier molecular flexibility index (Phi) is 4.71. The molecule has 4 rings (SSSR count). The lowest BCUT2D eigenvalue weighted by molar-refractivity contribution is -0.115. The summed E-state index contributed by atoms with van der Waals surface area (Å²) in [7, 11) is 0. The van der Waals surface area contributed by atoms with E-state index >= 15 is 0 Å². The molecule has 0 aliphatic heterocycles. The van der Waals surface area contributed by atoms with Crippen molar-refractivity contribution in [3.05, 3.63) is 65.0 Å². The van der Waals surface area contributed by atoms with Crippen molar-refractivity contribution in [2.24, 2.45) is 0 Å². The number of aromatic nitrogens is 2. The molecule has 0 unspecified atom stereocenters. The first-order chi connectivity index (χ1) is 12.7. The lowest BCUT2D eigenvalue weighted by Gasteiger charge is -2.20. The van der Waals surface area contributed by atoms with Gasteiger partial charge < -0.3 is 9.84 Å². The summed E-state index contributed by atoms with van der Waals surface area (Å²) >= 11 is 5.87. The molecule has 26 heavy (non-hydrogen) atoms. The van der Waals surface area contributed by atoms with Gasteiger partial charge in [-0.25, -0.2) is 0 Å². The molecule has 2 aromatic carbocycles. The van der Waals surface area contributed by atoms with E-state index in [-0.39, 0.29) is 12.3 Å². The van der Waals surface area contributed by atoms with E-state index in [0.29, 0.717) is 28.3 Å². The maximum absolute atomic E-state index is 12.3. The summed E-state index contributed by atoms with van der Waals surface area (Å²) in [6.45, 7) is 0. The maximum Gasteiger partial charge on any atom is 0.230 e. The van der Waals surface area contributed by atoms with Crippen molar-refractivity contribution in [1.82, 2.24) is 10.1 Å². The first kappa shape index (κ1) is 16.8. The minimum absolute atomic E-state index is 0.0901. The number of halogens is 1. The molecule has 1 aliphatic carbocycles. The van der Waals surface area contributed by atoms with Crippen molar-refractivity contribution in [2.75, 3.05) is 5.32 Å². The zero-order valence-electron chi connectivity index (χ0n) is 14.1. The van der Waals surface area contributed by atoms with Gasteiger partial charge in [0.1, 0.15) is 0 Å². The highest BCUT2D eigenvalue weighted by Gasteiger charge is 2.25. The highest BCUT2D eigenvalue weighted by molar-refractivity contribution is 6.30. The number of carbonyl (C=O) groups excluding carboxylic acids is 1. The molecular formula is C20H18ClN3O2. The number of carbonyl (C=O) groups is 1. The monoisotopic (exact) mass is 367 g/mol. The smallest absolute Gasteiger partial charge is 0.230 e. The number of hydrogen-bond acceptors (Lipinski definition) is 4. The predicted molar refractivity (Wildman–Crippen MR) is 100 cm³/mol. The Bertz CT molecular complexity index is 917. The number of hydrogen-bond donors (Lipinski definition) is 1. The van der Waals surface area contributed by atoms with Crippen molar-refractivity contribution >= 4 is 23.2 Å². The Morgan fingerprint density at radius 3 is 2.73 bits per heavy atom. The molecule has 1 aliphatic rings. The summed E-state index contributed by atoms with van der Waals surface area (Å²) in [6, 6.07) is 14.7. The number of amides is 1. The molecular weight excluding hydrogens is 350 g/mol. The van der Waals surface area contributed by atoms with Gasteiger partial charge in [-0.05, 0) is 42.7 Å². The number of nitrogens with one attached hydrogen (secondary N) is 1. The van der Waals surface area contributed by atoms with Crippen LogP contribution in [0.15, 0.2) is 53.1 Å². The maximum atomic E-state index is 12.3. The first-order valence-corrected chi connectivity index (χ1v) is 9.03. The molecule has 3 aromatic rings. The van der Waals surface area contributed by atoms with Crippen LogP contribution >= 0.6 is 11.6 Å². The molecule has 5 nitrogen and oxygen atoms in total. The Labute approximate surface area is 156 Å². The number of rotatable bonds is 5. The van der Waals surface area contributed by atoms with Crippen molar-refractivity contribution in [1.29, 1.82) is 0 Å². The largest absolute Gasteiger partial charge is 0.339 e. The van der Waals surface area contributed by atoms with Crippen LogP contribution in [-0.2, 0) is 11.2 Å². The van der Waals surface area contributed by atoms with Gasteiger partial charge in [0.15, 0.2) is 0 Å². The van der Waals surface area contributed by atoms with Crippen LogP contribution in [0.3, 0.4) is 0 Å². The lowest BCUT2D eigenvalue weighted by atomic mass is 9.85. The van der Waals surface area contributed by atoms with Crippen LogP contribution in [0.5, 0.6) is 0 Å². The van der Waals surface area contributed by atoms with Crippen molar-refractivity contribution in [3.8, 4) is 11.4 Å². The fourth-order valence-electron chi connectivity index (χ4n) is 2.90. The van der Waals surface area contributed by atoms with Gasteiger partial charge in [-0.15, -0.1) is 0 Å². The highest BCUT2D eigenvalue weighted by atomic mass is 35.5. The van der Waals surface area contributed by atoms with E-state index < -0.39 is 0 Å². The number of benzene rings is 2. The van der Waals surface area contributed by atoms with E-state index in [1.807, 2.05) is 36.4 Å². The topological polar surface area (TPSA) is 68.0 Å². The lowest BCUT2D eigenvalue weighted by Crippen LogP contribution is -2.14. The molecule has 1 aromatic heterocycles. The summed E-state index contributed by atoms with van der Waals surface area (Å²) < 4.78 is 5.37. The fraction of sp³-hybridized carbons (Fsp3) is 0.250. The van der Waals surface area contributed by atoms with Gasteiger partial charge in [0.25, 0.3) is 0 Å². The van der Waals surface area contributed by atoms with Crippen molar-refractivity contribution < 1.29 is 9.32 Å². The quantitative estimate of drug-likeness (QED) is 0.700. The second-order valence-electron chi connectivity index (χ2n) is 6.52. The second kappa shape index (κ2) is 7.30. The molecule has 6 heteroatoms. The molecule has 1 heterocycles. The molecule has 0 atom stereocenters. The van der Waals surface area contributed by atoms with Crippen molar-refractivity contribution in [2.45, 2.75) is 31.6 Å². The van der Waals surface area contributed by atoms with Gasteiger partial charge in [-0.2, -0.15) is 4.98 Å². The van der Waals surface area contributed by atoms with Gasteiger partial charge in [0, 0.05) is 22.2 Å². The summed E-state index contributed by atoms with van der Waals surface area (Å²) in [6.07, 6.45) is 3.73. The molecule has 0 spiro atoms. The average Bonchev–Trinajstić information content (AvgIpc) is 3.05. The minimum atomic E-state index is -0.0901. The van der Waals surface area contributed by atoms with Crippen LogP contribution in [0.2, 0.25) is 5.02 Å². The van der Waals surface area contributed by atoms with E-state index in [1.165, 1.54) is 6.42 Å². The summed E-state index contributed by atoms with van der Waals surface area (Å²) in [5.41, 5.74) is 2.44. The van der Waals surface area contributed by atoms with Gasteiger partial charge in [0.2, 0.25) is 17.6 Å². The molecule has 0 saturated heterocycles. The third-order valence-corrected chi connectivity index (χ3v) is 4.83. The molecule has 1 saturated carbocycles. The van der Waals surface area contributed by atoms with Crippen LogP contribution in [0.25, 0.3) is 11.4 Å². The first-order valence-electron chi connectivity index (χ1n) is 8.66. The molecule has 0 bridgehead atoms. The zero-order valence-corrected chi connectivity index (χ0v) is 14.9. The van der Waals surface area contributed by atoms with Crippen LogP contribution in [-0.4, -0.2) is 16.0 Å². The van der Waals surface area contributed by atoms with Crippen molar-refractivity contribution in [3.63, 3.8) is 0 Å². The molecule has 0 radical (unpaired) electrons. The van der Waals surface area contributed by atoms with Gasteiger partial charge in [-0.1, -0.05) is 47.4 Å². The highest BCUT2D eigenvalue weighted by Crippen LogP contribution is 2.36. The number of nitrogens with zero attached hydrogens (tertiary/aromatic N) is 2. The normalized spacial score (nSPS) is 14.0. The van der Waals surface area contributed by atoms with E-state index in [9.17, 15) is 4.79 Å². The van der Waals surface area contributed by atoms with Crippen LogP contribution in [0, 0.1) is 0 Å². The number of anilines is 1. The van der Waals surface area contributed by atoms with E-state index in [2.05, 4.69) is 15.5 Å². The SMILES string of the molecule is O=C(Cc1ccc(Cl)cc1)Nc1cccc(-c2noc(C3CCC3)n2)c1. The second-order valence-corrected chi connectivity index (χ2v) is 6.95. The molecule has 1 fully saturated rings. The van der Waals surface area contributed by atoms with E-state index in [4.69, 9.17) is 16.1 Å².